The summed E-state index contributed by atoms with van der Waals surface area (Å²) in [5.74, 6) is 0.297. The number of epoxide rings is 1. The number of carbonyl (C=O) groups excluding carboxylic acids is 1. The van der Waals surface area contributed by atoms with Crippen LogP contribution in [0.15, 0.2) is 11.6 Å². The molecule has 5 heteroatoms. The van der Waals surface area contributed by atoms with Crippen LogP contribution in [-0.4, -0.2) is 39.8 Å². The first-order valence-corrected chi connectivity index (χ1v) is 13.9. The Kier molecular flexibility index (Phi) is 5.40. The molecule has 4 saturated carbocycles. The van der Waals surface area contributed by atoms with Crippen LogP contribution in [0.25, 0.3) is 0 Å². The lowest BCUT2D eigenvalue weighted by atomic mass is 9.40. The molecule has 0 aromatic rings. The highest BCUT2D eigenvalue weighted by Crippen LogP contribution is 2.86. The van der Waals surface area contributed by atoms with Crippen molar-refractivity contribution in [2.45, 2.75) is 124 Å². The van der Waals surface area contributed by atoms with E-state index >= 15 is 0 Å². The van der Waals surface area contributed by atoms with Gasteiger partial charge < -0.3 is 14.9 Å². The number of ether oxygens (including phenoxy) is 1. The van der Waals surface area contributed by atoms with Gasteiger partial charge in [0.2, 0.25) is 0 Å². The van der Waals surface area contributed by atoms with E-state index in [0.717, 1.165) is 51.4 Å². The fourth-order valence-corrected chi connectivity index (χ4v) is 10.6. The monoisotopic (exact) mass is 486 g/mol. The summed E-state index contributed by atoms with van der Waals surface area (Å²) in [4.78, 5) is 25.4. The molecule has 0 unspecified atom stereocenters. The van der Waals surface area contributed by atoms with Crippen LogP contribution in [0.1, 0.15) is 106 Å². The number of allylic oxidation sites excluding steroid dienone is 1. The van der Waals surface area contributed by atoms with Crippen molar-refractivity contribution in [1.82, 2.24) is 0 Å². The van der Waals surface area contributed by atoms with Gasteiger partial charge in [-0.05, 0) is 86.4 Å². The lowest BCUT2D eigenvalue weighted by molar-refractivity contribution is -0.196. The number of carboxylic acids is 1. The number of carboxylic acid groups (broad SMARTS) is 1. The summed E-state index contributed by atoms with van der Waals surface area (Å²) in [5.41, 5.74) is -0.857. The molecule has 35 heavy (non-hydrogen) atoms. The Balaban J connectivity index is 1.52. The van der Waals surface area contributed by atoms with E-state index in [4.69, 9.17) is 4.74 Å². The van der Waals surface area contributed by atoms with Crippen LogP contribution >= 0.6 is 0 Å². The van der Waals surface area contributed by atoms with Gasteiger partial charge >= 0.3 is 5.97 Å². The van der Waals surface area contributed by atoms with E-state index in [1.54, 1.807) is 6.92 Å². The predicted molar refractivity (Wildman–Crippen MR) is 135 cm³/mol. The van der Waals surface area contributed by atoms with Gasteiger partial charge in [-0.2, -0.15) is 0 Å². The van der Waals surface area contributed by atoms with Crippen molar-refractivity contribution in [3.05, 3.63) is 11.6 Å². The molecular weight excluding hydrogens is 440 g/mol. The van der Waals surface area contributed by atoms with Crippen molar-refractivity contribution in [2.75, 3.05) is 0 Å². The first kappa shape index (κ1) is 25.4. The van der Waals surface area contributed by atoms with Crippen molar-refractivity contribution in [2.24, 2.45) is 38.9 Å². The number of hydrogen-bond acceptors (Lipinski definition) is 4. The summed E-state index contributed by atoms with van der Waals surface area (Å²) in [7, 11) is 0. The SMILES string of the molecule is C/C(=C\CC[C@@H](C)[C@@]1(C)C[C@@H]2O[C@]23[C@]1(C)CCC(=O)[C@@]31CC[C@H]2C(C)(C)[C@@H](O)CC[C@@]21C)C(=O)O. The maximum absolute atomic E-state index is 14.2. The van der Waals surface area contributed by atoms with Gasteiger partial charge in [0.25, 0.3) is 0 Å². The molecule has 196 valence electrons. The molecule has 0 aromatic heterocycles. The Morgan fingerprint density at radius 1 is 1.14 bits per heavy atom. The zero-order valence-corrected chi connectivity index (χ0v) is 22.9. The first-order valence-electron chi connectivity index (χ1n) is 13.9. The number of aliphatic hydroxyl groups excluding tert-OH is 1. The molecule has 4 aliphatic carbocycles. The summed E-state index contributed by atoms with van der Waals surface area (Å²) >= 11 is 0. The molecule has 0 aromatic carbocycles. The first-order chi connectivity index (χ1) is 16.2. The van der Waals surface area contributed by atoms with E-state index in [1.165, 1.54) is 0 Å². The van der Waals surface area contributed by atoms with Crippen molar-refractivity contribution in [3.63, 3.8) is 0 Å². The molecule has 0 amide bonds. The molecule has 5 nitrogen and oxygen atoms in total. The molecule has 1 saturated heterocycles. The minimum absolute atomic E-state index is 0.0345. The maximum Gasteiger partial charge on any atom is 0.330 e. The van der Waals surface area contributed by atoms with Crippen LogP contribution in [0.2, 0.25) is 0 Å². The topological polar surface area (TPSA) is 87.1 Å². The second-order valence-corrected chi connectivity index (χ2v) is 14.2. The highest BCUT2D eigenvalue weighted by molar-refractivity contribution is 5.90. The molecule has 2 spiro atoms. The third kappa shape index (κ3) is 2.73. The minimum atomic E-state index is -0.845. The molecule has 1 aliphatic heterocycles. The molecule has 5 rings (SSSR count). The smallest absolute Gasteiger partial charge is 0.330 e. The van der Waals surface area contributed by atoms with E-state index in [1.807, 2.05) is 6.08 Å². The normalized spacial score (nSPS) is 51.0. The second kappa shape index (κ2) is 7.43. The number of Topliss-reactive ketones (excluding diaryl/α,β-unsaturated/α-hetero) is 1. The van der Waals surface area contributed by atoms with Crippen molar-refractivity contribution in [1.29, 1.82) is 0 Å². The Morgan fingerprint density at radius 2 is 1.83 bits per heavy atom. The summed E-state index contributed by atoms with van der Waals surface area (Å²) in [6.07, 6.45) is 9.40. The van der Waals surface area contributed by atoms with Crippen LogP contribution in [0.5, 0.6) is 0 Å². The lowest BCUT2D eigenvalue weighted by Crippen LogP contribution is -2.67. The number of ketones is 1. The average Bonchev–Trinajstić information content (AvgIpc) is 3.33. The van der Waals surface area contributed by atoms with E-state index in [0.29, 0.717) is 29.6 Å². The predicted octanol–water partition coefficient (Wildman–Crippen LogP) is 5.93. The third-order valence-electron chi connectivity index (χ3n) is 13.1. The van der Waals surface area contributed by atoms with Gasteiger partial charge in [-0.15, -0.1) is 0 Å². The number of hydrogen-bond donors (Lipinski definition) is 2. The number of aliphatic hydroxyl groups is 1. The van der Waals surface area contributed by atoms with Crippen LogP contribution in [0.4, 0.5) is 0 Å². The highest BCUT2D eigenvalue weighted by atomic mass is 16.6. The molecule has 5 aliphatic rings. The van der Waals surface area contributed by atoms with Crippen molar-refractivity contribution in [3.8, 4) is 0 Å². The van der Waals surface area contributed by atoms with Gasteiger partial charge in [0, 0.05) is 17.4 Å². The molecule has 1 heterocycles. The van der Waals surface area contributed by atoms with Gasteiger partial charge in [0.05, 0.1) is 17.6 Å². The number of carbonyl (C=O) groups is 2. The van der Waals surface area contributed by atoms with Crippen molar-refractivity contribution < 1.29 is 24.5 Å². The summed E-state index contributed by atoms with van der Waals surface area (Å²) in [6, 6.07) is 0. The van der Waals surface area contributed by atoms with Gasteiger partial charge in [0.1, 0.15) is 11.4 Å². The molecule has 9 atom stereocenters. The van der Waals surface area contributed by atoms with E-state index in [9.17, 15) is 19.8 Å². The molecular formula is C30H46O5. The van der Waals surface area contributed by atoms with Crippen molar-refractivity contribution >= 4 is 11.8 Å². The van der Waals surface area contributed by atoms with Gasteiger partial charge in [-0.25, -0.2) is 4.79 Å². The van der Waals surface area contributed by atoms with E-state index in [-0.39, 0.29) is 33.9 Å². The number of fused-ring (bicyclic) bond motifs is 2. The third-order valence-corrected chi connectivity index (χ3v) is 13.1. The minimum Gasteiger partial charge on any atom is -0.478 e. The van der Waals surface area contributed by atoms with Crippen LogP contribution in [0, 0.1) is 38.9 Å². The number of aliphatic carboxylic acids is 1. The Bertz CT molecular complexity index is 983. The second-order valence-electron chi connectivity index (χ2n) is 14.2. The molecule has 0 radical (unpaired) electrons. The standard InChI is InChI=1S/C30H46O5/c1-18(24(33)34)9-8-10-19(2)27(6)17-23-30(35-23)28(27,7)15-13-22(32)29(30)16-11-20-25(3,4)21(31)12-14-26(20,29)5/h9,19-21,23,31H,8,10-17H2,1-7H3,(H,33,34)/b18-9+/t19-,20+,21+,23+,26+,27-,28-,29-,30+/m1/s1. The van der Waals surface area contributed by atoms with Gasteiger partial charge in [-0.3, -0.25) is 4.79 Å². The van der Waals surface area contributed by atoms with Gasteiger partial charge in [0.15, 0.2) is 0 Å². The average molecular weight is 487 g/mol. The zero-order chi connectivity index (χ0) is 25.8. The molecule has 2 N–H and O–H groups in total. The van der Waals surface area contributed by atoms with Crippen LogP contribution in [-0.2, 0) is 14.3 Å². The zero-order valence-electron chi connectivity index (χ0n) is 22.9. The maximum atomic E-state index is 14.2. The van der Waals surface area contributed by atoms with E-state index in [2.05, 4.69) is 41.5 Å². The van der Waals surface area contributed by atoms with Crippen LogP contribution in [0.3, 0.4) is 0 Å². The molecule has 0 bridgehead atoms. The summed E-state index contributed by atoms with van der Waals surface area (Å²) < 4.78 is 6.81. The van der Waals surface area contributed by atoms with Gasteiger partial charge in [-0.1, -0.05) is 47.6 Å². The van der Waals surface area contributed by atoms with Crippen LogP contribution < -0.4 is 0 Å². The molecule has 5 fully saturated rings. The largest absolute Gasteiger partial charge is 0.478 e. The Labute approximate surface area is 211 Å². The Hall–Kier alpha value is -1.20. The Morgan fingerprint density at radius 3 is 2.49 bits per heavy atom. The quantitative estimate of drug-likeness (QED) is 0.371. The number of rotatable bonds is 5. The van der Waals surface area contributed by atoms with E-state index < -0.39 is 17.0 Å². The highest BCUT2D eigenvalue weighted by Gasteiger charge is 2.91. The lowest BCUT2D eigenvalue weighted by Gasteiger charge is -2.63. The fourth-order valence-electron chi connectivity index (χ4n) is 10.6. The summed E-state index contributed by atoms with van der Waals surface area (Å²) in [6.45, 7) is 15.6. The summed E-state index contributed by atoms with van der Waals surface area (Å²) in [5, 5.41) is 20.1. The fraction of sp³-hybridized carbons (Fsp3) is 0.867.